The molecule has 1 amide bonds. The van der Waals surface area contributed by atoms with Crippen molar-refractivity contribution in [3.8, 4) is 11.6 Å². The SMILES string of the molecule is O=C(C1CCc2cccc(O)c21)N1CCC(Oc2ccccn2)CC1. The van der Waals surface area contributed by atoms with Crippen molar-refractivity contribution in [3.63, 3.8) is 0 Å². The first kappa shape index (κ1) is 15.9. The number of fused-ring (bicyclic) bond motifs is 1. The van der Waals surface area contributed by atoms with Gasteiger partial charge in [-0.3, -0.25) is 4.79 Å². The number of rotatable bonds is 3. The molecule has 2 aromatic rings. The van der Waals surface area contributed by atoms with E-state index in [1.807, 2.05) is 35.2 Å². The molecule has 0 radical (unpaired) electrons. The number of piperidine rings is 1. The molecule has 2 heterocycles. The standard InChI is InChI=1S/C20H22N2O3/c23-17-5-3-4-14-7-8-16(19(14)17)20(24)22-12-9-15(10-13-22)25-18-6-1-2-11-21-18/h1-6,11,15-16,23H,7-10,12-13H2. The number of likely N-dealkylation sites (tertiary alicyclic amines) is 1. The summed E-state index contributed by atoms with van der Waals surface area (Å²) >= 11 is 0. The van der Waals surface area contributed by atoms with E-state index >= 15 is 0 Å². The number of aryl methyl sites for hydroxylation is 1. The van der Waals surface area contributed by atoms with Crippen molar-refractivity contribution in [2.24, 2.45) is 0 Å². The third-order valence-electron chi connectivity index (χ3n) is 5.20. The molecule has 130 valence electrons. The maximum absolute atomic E-state index is 12.9. The lowest BCUT2D eigenvalue weighted by atomic mass is 9.97. The third kappa shape index (κ3) is 3.18. The van der Waals surface area contributed by atoms with Gasteiger partial charge in [0.15, 0.2) is 0 Å². The minimum absolute atomic E-state index is 0.100. The summed E-state index contributed by atoms with van der Waals surface area (Å²) in [6.07, 6.45) is 5.09. The lowest BCUT2D eigenvalue weighted by Crippen LogP contribution is -2.43. The molecule has 1 saturated heterocycles. The minimum atomic E-state index is -0.204. The predicted molar refractivity (Wildman–Crippen MR) is 93.6 cm³/mol. The van der Waals surface area contributed by atoms with Gasteiger partial charge in [-0.05, 0) is 30.5 Å². The summed E-state index contributed by atoms with van der Waals surface area (Å²) in [5, 5.41) is 10.2. The van der Waals surface area contributed by atoms with Crippen molar-refractivity contribution in [2.45, 2.75) is 37.7 Å². The maximum atomic E-state index is 12.9. The predicted octanol–water partition coefficient (Wildman–Crippen LogP) is 2.89. The topological polar surface area (TPSA) is 62.7 Å². The number of aromatic hydroxyl groups is 1. The summed E-state index contributed by atoms with van der Waals surface area (Å²) in [6, 6.07) is 11.2. The highest BCUT2D eigenvalue weighted by molar-refractivity contribution is 5.86. The van der Waals surface area contributed by atoms with Gasteiger partial charge in [-0.15, -0.1) is 0 Å². The van der Waals surface area contributed by atoms with Gasteiger partial charge in [-0.2, -0.15) is 0 Å². The molecule has 5 nitrogen and oxygen atoms in total. The Kier molecular flexibility index (Phi) is 4.30. The average molecular weight is 338 g/mol. The number of ether oxygens (including phenoxy) is 1. The van der Waals surface area contributed by atoms with E-state index in [4.69, 9.17) is 4.74 Å². The van der Waals surface area contributed by atoms with Crippen molar-refractivity contribution in [1.29, 1.82) is 0 Å². The van der Waals surface area contributed by atoms with Crippen molar-refractivity contribution in [2.75, 3.05) is 13.1 Å². The summed E-state index contributed by atoms with van der Waals surface area (Å²) in [6.45, 7) is 1.38. The molecule has 2 aliphatic rings. The molecule has 1 atom stereocenters. The highest BCUT2D eigenvalue weighted by Crippen LogP contribution is 2.40. The maximum Gasteiger partial charge on any atom is 0.230 e. The number of phenols is 1. The van der Waals surface area contributed by atoms with Crippen molar-refractivity contribution in [1.82, 2.24) is 9.88 Å². The summed E-state index contributed by atoms with van der Waals surface area (Å²) in [5.41, 5.74) is 1.94. The Labute approximate surface area is 147 Å². The molecule has 1 N–H and O–H groups in total. The Morgan fingerprint density at radius 1 is 1.12 bits per heavy atom. The fraction of sp³-hybridized carbons (Fsp3) is 0.400. The monoisotopic (exact) mass is 338 g/mol. The van der Waals surface area contributed by atoms with Crippen LogP contribution in [0, 0.1) is 0 Å². The number of amides is 1. The largest absolute Gasteiger partial charge is 0.508 e. The molecule has 1 aromatic heterocycles. The van der Waals surface area contributed by atoms with Gasteiger partial charge in [0.25, 0.3) is 0 Å². The molecule has 0 bridgehead atoms. The van der Waals surface area contributed by atoms with E-state index in [9.17, 15) is 9.90 Å². The third-order valence-corrected chi connectivity index (χ3v) is 5.20. The first-order valence-corrected chi connectivity index (χ1v) is 8.89. The number of pyridine rings is 1. The Hall–Kier alpha value is -2.56. The van der Waals surface area contributed by atoms with Crippen molar-refractivity contribution in [3.05, 3.63) is 53.7 Å². The zero-order chi connectivity index (χ0) is 17.2. The van der Waals surface area contributed by atoms with E-state index in [0.717, 1.165) is 36.8 Å². The summed E-state index contributed by atoms with van der Waals surface area (Å²) in [5.74, 6) is 0.824. The number of nitrogens with zero attached hydrogens (tertiary/aromatic N) is 2. The Bertz CT molecular complexity index is 755. The van der Waals surface area contributed by atoms with Crippen LogP contribution in [0.4, 0.5) is 0 Å². The molecule has 1 unspecified atom stereocenters. The van der Waals surface area contributed by atoms with E-state index < -0.39 is 0 Å². The number of hydrogen-bond donors (Lipinski definition) is 1. The van der Waals surface area contributed by atoms with E-state index in [0.29, 0.717) is 19.0 Å². The zero-order valence-electron chi connectivity index (χ0n) is 14.1. The molecule has 5 heteroatoms. The van der Waals surface area contributed by atoms with Crippen LogP contribution in [-0.2, 0) is 11.2 Å². The van der Waals surface area contributed by atoms with Crippen molar-refractivity contribution >= 4 is 5.91 Å². The molecule has 4 rings (SSSR count). The van der Waals surface area contributed by atoms with Gasteiger partial charge in [0.05, 0.1) is 5.92 Å². The molecular weight excluding hydrogens is 316 g/mol. The first-order chi connectivity index (χ1) is 12.2. The van der Waals surface area contributed by atoms with Crippen molar-refractivity contribution < 1.29 is 14.6 Å². The molecule has 1 aliphatic carbocycles. The van der Waals surface area contributed by atoms with Crippen LogP contribution in [0.1, 0.15) is 36.3 Å². The fourth-order valence-electron chi connectivity index (χ4n) is 3.91. The highest BCUT2D eigenvalue weighted by atomic mass is 16.5. The molecule has 0 spiro atoms. The second-order valence-corrected chi connectivity index (χ2v) is 6.75. The average Bonchev–Trinajstić information content (AvgIpc) is 3.08. The van der Waals surface area contributed by atoms with Gasteiger partial charge in [-0.25, -0.2) is 4.98 Å². The van der Waals surface area contributed by atoms with Gasteiger partial charge < -0.3 is 14.7 Å². The second-order valence-electron chi connectivity index (χ2n) is 6.75. The normalized spacial score (nSPS) is 20.3. The van der Waals surface area contributed by atoms with E-state index in [1.165, 1.54) is 0 Å². The first-order valence-electron chi connectivity index (χ1n) is 8.89. The van der Waals surface area contributed by atoms with Crippen LogP contribution in [-0.4, -0.2) is 40.1 Å². The van der Waals surface area contributed by atoms with Crippen LogP contribution >= 0.6 is 0 Å². The van der Waals surface area contributed by atoms with E-state index in [-0.39, 0.29) is 23.7 Å². The highest BCUT2D eigenvalue weighted by Gasteiger charge is 2.35. The molecule has 1 aromatic carbocycles. The minimum Gasteiger partial charge on any atom is -0.508 e. The molecular formula is C20H22N2O3. The van der Waals surface area contributed by atoms with E-state index in [1.54, 1.807) is 12.3 Å². The van der Waals surface area contributed by atoms with Crippen LogP contribution in [0.2, 0.25) is 0 Å². The van der Waals surface area contributed by atoms with Crippen LogP contribution in [0.5, 0.6) is 11.6 Å². The van der Waals surface area contributed by atoms with Crippen LogP contribution in [0.25, 0.3) is 0 Å². The van der Waals surface area contributed by atoms with Gasteiger partial charge in [0.1, 0.15) is 11.9 Å². The zero-order valence-corrected chi connectivity index (χ0v) is 14.1. The Morgan fingerprint density at radius 2 is 1.96 bits per heavy atom. The lowest BCUT2D eigenvalue weighted by molar-refractivity contribution is -0.134. The smallest absolute Gasteiger partial charge is 0.230 e. The lowest BCUT2D eigenvalue weighted by Gasteiger charge is -2.33. The summed E-state index contributed by atoms with van der Waals surface area (Å²) < 4.78 is 5.90. The van der Waals surface area contributed by atoms with Crippen LogP contribution in [0.3, 0.4) is 0 Å². The number of phenolic OH excluding ortho intramolecular Hbond substituents is 1. The van der Waals surface area contributed by atoms with Gasteiger partial charge in [0, 0.05) is 43.8 Å². The molecule has 0 saturated carbocycles. The number of carbonyl (C=O) groups is 1. The van der Waals surface area contributed by atoms with Gasteiger partial charge >= 0.3 is 0 Å². The Morgan fingerprint density at radius 3 is 2.72 bits per heavy atom. The summed E-state index contributed by atoms with van der Waals surface area (Å²) in [7, 11) is 0. The van der Waals surface area contributed by atoms with E-state index in [2.05, 4.69) is 4.98 Å². The summed E-state index contributed by atoms with van der Waals surface area (Å²) in [4.78, 5) is 19.1. The molecule has 1 aliphatic heterocycles. The van der Waals surface area contributed by atoms with Crippen LogP contribution < -0.4 is 4.74 Å². The van der Waals surface area contributed by atoms with Gasteiger partial charge in [0.2, 0.25) is 11.8 Å². The number of benzene rings is 1. The quantitative estimate of drug-likeness (QED) is 0.935. The number of carbonyl (C=O) groups excluding carboxylic acids is 1. The number of hydrogen-bond acceptors (Lipinski definition) is 4. The van der Waals surface area contributed by atoms with Gasteiger partial charge in [-0.1, -0.05) is 18.2 Å². The molecule has 25 heavy (non-hydrogen) atoms. The van der Waals surface area contributed by atoms with Crippen LogP contribution in [0.15, 0.2) is 42.6 Å². The second kappa shape index (κ2) is 6.75. The fourth-order valence-corrected chi connectivity index (χ4v) is 3.91. The Balaban J connectivity index is 1.38. The number of aromatic nitrogens is 1. The molecule has 1 fully saturated rings.